The van der Waals surface area contributed by atoms with Gasteiger partial charge in [0.2, 0.25) is 0 Å². The molecule has 0 aliphatic heterocycles. The molecule has 1 N–H and O–H groups in total. The first kappa shape index (κ1) is 10.8. The lowest BCUT2D eigenvalue weighted by atomic mass is 10.6. The average molecular weight is 176 g/mol. The maximum atomic E-state index is 10.7. The Hall–Kier alpha value is -0.220. The third-order valence-electron chi connectivity index (χ3n) is 1.45. The number of carbonyl (C=O) groups excluding carboxylic acids is 1. The Kier molecular flexibility index (Phi) is 6.36. The number of hydrogen-bond acceptors (Lipinski definition) is 3. The Balaban J connectivity index is 3.20. The molecule has 0 bridgehead atoms. The van der Waals surface area contributed by atoms with Crippen molar-refractivity contribution in [3.8, 4) is 0 Å². The second kappa shape index (κ2) is 6.49. The molecule has 0 saturated heterocycles. The standard InChI is InChI=1S/C7H16N2OS/c1-4-9(3)5-6-11-7(10)8-2/h4-6H2,1-3H3,(H,8,10). The molecular formula is C7H16N2OS. The molecule has 0 aromatic rings. The lowest BCUT2D eigenvalue weighted by molar-refractivity contribution is 0.262. The second-order valence-electron chi connectivity index (χ2n) is 2.28. The Bertz CT molecular complexity index is 119. The summed E-state index contributed by atoms with van der Waals surface area (Å²) in [6.07, 6.45) is 0. The molecule has 0 aliphatic rings. The zero-order chi connectivity index (χ0) is 8.69. The summed E-state index contributed by atoms with van der Waals surface area (Å²) in [6.45, 7) is 4.10. The highest BCUT2D eigenvalue weighted by Crippen LogP contribution is 2.00. The van der Waals surface area contributed by atoms with Gasteiger partial charge in [0.25, 0.3) is 5.24 Å². The molecule has 1 amide bonds. The van der Waals surface area contributed by atoms with E-state index in [4.69, 9.17) is 0 Å². The van der Waals surface area contributed by atoms with Gasteiger partial charge in [-0.25, -0.2) is 0 Å². The van der Waals surface area contributed by atoms with E-state index in [9.17, 15) is 4.79 Å². The van der Waals surface area contributed by atoms with Gasteiger partial charge in [-0.2, -0.15) is 0 Å². The van der Waals surface area contributed by atoms with Gasteiger partial charge in [0.1, 0.15) is 0 Å². The predicted octanol–water partition coefficient (Wildman–Crippen LogP) is 1.01. The molecule has 4 heteroatoms. The molecule has 0 aromatic carbocycles. The number of hydrogen-bond donors (Lipinski definition) is 1. The molecular weight excluding hydrogens is 160 g/mol. The summed E-state index contributed by atoms with van der Waals surface area (Å²) < 4.78 is 0. The maximum absolute atomic E-state index is 10.7. The van der Waals surface area contributed by atoms with E-state index in [1.165, 1.54) is 11.8 Å². The first-order valence-electron chi connectivity index (χ1n) is 3.73. The van der Waals surface area contributed by atoms with Gasteiger partial charge in [-0.05, 0) is 13.6 Å². The summed E-state index contributed by atoms with van der Waals surface area (Å²) in [6, 6.07) is 0. The van der Waals surface area contributed by atoms with E-state index in [0.717, 1.165) is 18.8 Å². The highest BCUT2D eigenvalue weighted by Gasteiger charge is 1.99. The quantitative estimate of drug-likeness (QED) is 0.694. The molecule has 0 heterocycles. The summed E-state index contributed by atoms with van der Waals surface area (Å²) in [5, 5.41) is 2.61. The van der Waals surface area contributed by atoms with Gasteiger partial charge in [0.15, 0.2) is 0 Å². The van der Waals surface area contributed by atoms with Gasteiger partial charge < -0.3 is 10.2 Å². The van der Waals surface area contributed by atoms with E-state index in [-0.39, 0.29) is 5.24 Å². The Morgan fingerprint density at radius 2 is 2.27 bits per heavy atom. The molecule has 0 aliphatic carbocycles. The largest absolute Gasteiger partial charge is 0.350 e. The maximum Gasteiger partial charge on any atom is 0.278 e. The fourth-order valence-corrected chi connectivity index (χ4v) is 1.26. The van der Waals surface area contributed by atoms with Crippen LogP contribution in [0.1, 0.15) is 6.92 Å². The highest BCUT2D eigenvalue weighted by atomic mass is 32.2. The van der Waals surface area contributed by atoms with E-state index >= 15 is 0 Å². The normalized spacial score (nSPS) is 10.2. The molecule has 0 radical (unpaired) electrons. The summed E-state index contributed by atoms with van der Waals surface area (Å²) in [7, 11) is 3.70. The molecule has 66 valence electrons. The first-order valence-corrected chi connectivity index (χ1v) is 4.72. The molecule has 0 fully saturated rings. The van der Waals surface area contributed by atoms with Crippen LogP contribution in [-0.2, 0) is 0 Å². The van der Waals surface area contributed by atoms with E-state index < -0.39 is 0 Å². The van der Waals surface area contributed by atoms with Gasteiger partial charge in [0, 0.05) is 19.3 Å². The fraction of sp³-hybridized carbons (Fsp3) is 0.857. The van der Waals surface area contributed by atoms with E-state index in [2.05, 4.69) is 17.1 Å². The van der Waals surface area contributed by atoms with Crippen LogP contribution in [0, 0.1) is 0 Å². The zero-order valence-corrected chi connectivity index (χ0v) is 8.20. The Morgan fingerprint density at radius 1 is 1.64 bits per heavy atom. The zero-order valence-electron chi connectivity index (χ0n) is 7.39. The molecule has 0 saturated carbocycles. The summed E-state index contributed by atoms with van der Waals surface area (Å²) in [5.41, 5.74) is 0. The van der Waals surface area contributed by atoms with Crippen molar-refractivity contribution in [2.45, 2.75) is 6.92 Å². The number of carbonyl (C=O) groups is 1. The van der Waals surface area contributed by atoms with E-state index in [1.54, 1.807) is 7.05 Å². The minimum Gasteiger partial charge on any atom is -0.350 e. The first-order chi connectivity index (χ1) is 5.20. The lowest BCUT2D eigenvalue weighted by Crippen LogP contribution is -2.22. The molecule has 0 rings (SSSR count). The van der Waals surface area contributed by atoms with E-state index in [1.807, 2.05) is 7.05 Å². The topological polar surface area (TPSA) is 32.3 Å². The van der Waals surface area contributed by atoms with Crippen molar-refractivity contribution >= 4 is 17.0 Å². The van der Waals surface area contributed by atoms with Crippen LogP contribution in [0.5, 0.6) is 0 Å². The number of rotatable bonds is 4. The number of nitrogens with zero attached hydrogens (tertiary/aromatic N) is 1. The van der Waals surface area contributed by atoms with Crippen molar-refractivity contribution in [3.63, 3.8) is 0 Å². The summed E-state index contributed by atoms with van der Waals surface area (Å²) in [5.74, 6) is 0.865. The molecule has 0 aromatic heterocycles. The minimum atomic E-state index is 0.0505. The minimum absolute atomic E-state index is 0.0505. The smallest absolute Gasteiger partial charge is 0.278 e. The van der Waals surface area contributed by atoms with Gasteiger partial charge in [-0.15, -0.1) is 0 Å². The van der Waals surface area contributed by atoms with Crippen LogP contribution in [0.15, 0.2) is 0 Å². The van der Waals surface area contributed by atoms with Crippen LogP contribution in [0.4, 0.5) is 4.79 Å². The third kappa shape index (κ3) is 6.19. The van der Waals surface area contributed by atoms with Gasteiger partial charge in [-0.3, -0.25) is 4.79 Å². The van der Waals surface area contributed by atoms with Crippen LogP contribution >= 0.6 is 11.8 Å². The summed E-state index contributed by atoms with van der Waals surface area (Å²) in [4.78, 5) is 12.9. The van der Waals surface area contributed by atoms with Crippen molar-refractivity contribution in [2.75, 3.05) is 32.9 Å². The van der Waals surface area contributed by atoms with Gasteiger partial charge in [0.05, 0.1) is 0 Å². The average Bonchev–Trinajstić information content (AvgIpc) is 2.04. The Labute approximate surface area is 72.5 Å². The van der Waals surface area contributed by atoms with Crippen LogP contribution in [0.25, 0.3) is 0 Å². The van der Waals surface area contributed by atoms with Crippen molar-refractivity contribution < 1.29 is 4.79 Å². The van der Waals surface area contributed by atoms with Crippen LogP contribution in [-0.4, -0.2) is 43.1 Å². The Morgan fingerprint density at radius 3 is 2.73 bits per heavy atom. The summed E-state index contributed by atoms with van der Waals surface area (Å²) >= 11 is 1.33. The van der Waals surface area contributed by atoms with Crippen molar-refractivity contribution in [1.29, 1.82) is 0 Å². The number of amides is 1. The van der Waals surface area contributed by atoms with Crippen LogP contribution in [0.3, 0.4) is 0 Å². The van der Waals surface area contributed by atoms with Crippen LogP contribution in [0.2, 0.25) is 0 Å². The molecule has 0 atom stereocenters. The fourth-order valence-electron chi connectivity index (χ4n) is 0.524. The van der Waals surface area contributed by atoms with Crippen LogP contribution < -0.4 is 5.32 Å². The highest BCUT2D eigenvalue weighted by molar-refractivity contribution is 8.13. The van der Waals surface area contributed by atoms with Gasteiger partial charge >= 0.3 is 0 Å². The molecule has 0 spiro atoms. The van der Waals surface area contributed by atoms with Gasteiger partial charge in [-0.1, -0.05) is 18.7 Å². The van der Waals surface area contributed by atoms with Crippen molar-refractivity contribution in [3.05, 3.63) is 0 Å². The molecule has 11 heavy (non-hydrogen) atoms. The lowest BCUT2D eigenvalue weighted by Gasteiger charge is -2.11. The number of nitrogens with one attached hydrogen (secondary N) is 1. The monoisotopic (exact) mass is 176 g/mol. The second-order valence-corrected chi connectivity index (χ2v) is 3.35. The van der Waals surface area contributed by atoms with E-state index in [0.29, 0.717) is 0 Å². The number of thioether (sulfide) groups is 1. The molecule has 0 unspecified atom stereocenters. The van der Waals surface area contributed by atoms with Crippen molar-refractivity contribution in [1.82, 2.24) is 10.2 Å². The predicted molar refractivity (Wildman–Crippen MR) is 50.1 cm³/mol. The van der Waals surface area contributed by atoms with Crippen molar-refractivity contribution in [2.24, 2.45) is 0 Å². The third-order valence-corrected chi connectivity index (χ3v) is 2.30. The SMILES string of the molecule is CCN(C)CCSC(=O)NC. The molecule has 3 nitrogen and oxygen atoms in total.